The van der Waals surface area contributed by atoms with Gasteiger partial charge in [-0.25, -0.2) is 0 Å². The fourth-order valence-corrected chi connectivity index (χ4v) is 6.07. The van der Waals surface area contributed by atoms with Gasteiger partial charge in [0, 0.05) is 0 Å². The average Bonchev–Trinajstić information content (AvgIpc) is 2.74. The Morgan fingerprint density at radius 3 is 2.36 bits per heavy atom. The molecule has 0 nitrogen and oxygen atoms in total. The van der Waals surface area contributed by atoms with E-state index < -0.39 is 0 Å². The zero-order valence-electron chi connectivity index (χ0n) is 19.0. The van der Waals surface area contributed by atoms with E-state index in [1.54, 1.807) is 16.7 Å². The van der Waals surface area contributed by atoms with Crippen LogP contribution in [-0.2, 0) is 18.3 Å². The van der Waals surface area contributed by atoms with Crippen molar-refractivity contribution < 1.29 is 0 Å². The predicted octanol–water partition coefficient (Wildman–Crippen LogP) is 8.93. The van der Waals surface area contributed by atoms with Crippen LogP contribution in [-0.4, -0.2) is 0 Å². The molecule has 1 unspecified atom stereocenters. The van der Waals surface area contributed by atoms with Crippen molar-refractivity contribution in [1.29, 1.82) is 0 Å². The van der Waals surface area contributed by atoms with E-state index in [1.165, 1.54) is 116 Å². The van der Waals surface area contributed by atoms with Crippen molar-refractivity contribution in [2.24, 2.45) is 5.92 Å². The molecule has 0 aromatic heterocycles. The summed E-state index contributed by atoms with van der Waals surface area (Å²) >= 11 is 0. The smallest absolute Gasteiger partial charge is 0.00469 e. The van der Waals surface area contributed by atoms with E-state index in [0.717, 1.165) is 5.92 Å². The van der Waals surface area contributed by atoms with Gasteiger partial charge >= 0.3 is 0 Å². The van der Waals surface area contributed by atoms with Gasteiger partial charge < -0.3 is 0 Å². The molecule has 1 saturated carbocycles. The largest absolute Gasteiger partial charge is 0.0654 e. The van der Waals surface area contributed by atoms with Crippen LogP contribution in [0.3, 0.4) is 0 Å². The Kier molecular flexibility index (Phi) is 8.94. The molecular weight excluding hydrogens is 336 g/mol. The van der Waals surface area contributed by atoms with Crippen LogP contribution in [0.5, 0.6) is 0 Å². The Hall–Kier alpha value is -0.780. The number of unbranched alkanes of at least 4 members (excludes halogenated alkanes) is 6. The second-order valence-electron chi connectivity index (χ2n) is 10.1. The lowest BCUT2D eigenvalue weighted by atomic mass is 9.65. The Morgan fingerprint density at radius 2 is 1.57 bits per heavy atom. The van der Waals surface area contributed by atoms with E-state index in [-0.39, 0.29) is 0 Å². The highest BCUT2D eigenvalue weighted by molar-refractivity contribution is 5.38. The number of hydrogen-bond donors (Lipinski definition) is 0. The topological polar surface area (TPSA) is 0 Å². The molecule has 158 valence electrons. The maximum Gasteiger partial charge on any atom is -0.00469 e. The van der Waals surface area contributed by atoms with Gasteiger partial charge in [-0.3, -0.25) is 0 Å². The lowest BCUT2D eigenvalue weighted by Crippen LogP contribution is -2.29. The monoisotopic (exact) mass is 382 g/mol. The molecule has 1 aromatic rings. The zero-order valence-corrected chi connectivity index (χ0v) is 19.0. The van der Waals surface area contributed by atoms with Gasteiger partial charge in [-0.15, -0.1) is 0 Å². The van der Waals surface area contributed by atoms with Crippen LogP contribution in [0.4, 0.5) is 0 Å². The van der Waals surface area contributed by atoms with Gasteiger partial charge in [0.2, 0.25) is 0 Å². The first kappa shape index (κ1) is 21.9. The lowest BCUT2D eigenvalue weighted by molar-refractivity contribution is 0.265. The second-order valence-corrected chi connectivity index (χ2v) is 10.1. The molecule has 28 heavy (non-hydrogen) atoms. The van der Waals surface area contributed by atoms with Gasteiger partial charge in [0.05, 0.1) is 0 Å². The van der Waals surface area contributed by atoms with Crippen LogP contribution in [0.15, 0.2) is 18.2 Å². The number of aryl methyl sites for hydroxylation is 1. The number of rotatable bonds is 11. The number of hydrogen-bond acceptors (Lipinski definition) is 0. The highest BCUT2D eigenvalue weighted by Gasteiger charge is 2.34. The fraction of sp³-hybridized carbons (Fsp3) is 0.786. The van der Waals surface area contributed by atoms with Crippen LogP contribution in [0.1, 0.15) is 133 Å². The van der Waals surface area contributed by atoms with Crippen LogP contribution in [0.25, 0.3) is 0 Å². The van der Waals surface area contributed by atoms with E-state index in [4.69, 9.17) is 0 Å². The molecule has 3 rings (SSSR count). The van der Waals surface area contributed by atoms with E-state index in [2.05, 4.69) is 32.0 Å². The van der Waals surface area contributed by atoms with Gasteiger partial charge in [0.15, 0.2) is 0 Å². The summed E-state index contributed by atoms with van der Waals surface area (Å²) in [6.45, 7) is 4.65. The normalized spacial score (nSPS) is 21.4. The lowest BCUT2D eigenvalue weighted by Gasteiger charge is -2.39. The standard InChI is InChI=1S/C28H46/c1-3-5-7-8-10-14-24-15-16-26-23-27(18-17-25(26)22-24)28(19-11-6-4-2)20-12-9-13-21-28/h17-18,23-24H,3-16,19-22H2,1-2H3. The minimum Gasteiger partial charge on any atom is -0.0654 e. The maximum atomic E-state index is 2.67. The van der Waals surface area contributed by atoms with Gasteiger partial charge in [-0.1, -0.05) is 109 Å². The van der Waals surface area contributed by atoms with Crippen LogP contribution in [0.2, 0.25) is 0 Å². The zero-order chi connectivity index (χ0) is 19.7. The third-order valence-electron chi connectivity index (χ3n) is 7.93. The first-order valence-corrected chi connectivity index (χ1v) is 12.9. The minimum atomic E-state index is 0.512. The molecule has 0 bridgehead atoms. The first-order valence-electron chi connectivity index (χ1n) is 12.9. The summed E-state index contributed by atoms with van der Waals surface area (Å²) in [5.41, 5.74) is 5.62. The quantitative estimate of drug-likeness (QED) is 0.335. The highest BCUT2D eigenvalue weighted by atomic mass is 14.4. The van der Waals surface area contributed by atoms with E-state index >= 15 is 0 Å². The predicted molar refractivity (Wildman–Crippen MR) is 124 cm³/mol. The molecule has 0 aliphatic heterocycles. The van der Waals surface area contributed by atoms with Crippen LogP contribution < -0.4 is 0 Å². The summed E-state index contributed by atoms with van der Waals surface area (Å²) in [5, 5.41) is 0. The SMILES string of the molecule is CCCCCCCC1CCc2cc(C3(CCCCC)CCCCC3)ccc2C1. The molecule has 1 fully saturated rings. The molecule has 0 spiro atoms. The van der Waals surface area contributed by atoms with Crippen LogP contribution >= 0.6 is 0 Å². The fourth-order valence-electron chi connectivity index (χ4n) is 6.07. The molecule has 2 aliphatic carbocycles. The van der Waals surface area contributed by atoms with Crippen molar-refractivity contribution in [3.63, 3.8) is 0 Å². The second kappa shape index (κ2) is 11.4. The molecule has 1 aromatic carbocycles. The molecule has 0 saturated heterocycles. The van der Waals surface area contributed by atoms with Crippen molar-refractivity contribution in [2.75, 3.05) is 0 Å². The highest BCUT2D eigenvalue weighted by Crippen LogP contribution is 2.44. The molecule has 1 atom stereocenters. The van der Waals surface area contributed by atoms with E-state index in [1.807, 2.05) is 0 Å². The summed E-state index contributed by atoms with van der Waals surface area (Å²) in [6, 6.07) is 7.77. The van der Waals surface area contributed by atoms with Gasteiger partial charge in [-0.2, -0.15) is 0 Å². The molecule has 0 amide bonds. The molecule has 2 aliphatic rings. The Morgan fingerprint density at radius 1 is 0.821 bits per heavy atom. The minimum absolute atomic E-state index is 0.512. The molecular formula is C28H46. The van der Waals surface area contributed by atoms with Crippen molar-refractivity contribution in [1.82, 2.24) is 0 Å². The van der Waals surface area contributed by atoms with Gasteiger partial charge in [0.25, 0.3) is 0 Å². The van der Waals surface area contributed by atoms with Gasteiger partial charge in [0.1, 0.15) is 0 Å². The van der Waals surface area contributed by atoms with Crippen molar-refractivity contribution >= 4 is 0 Å². The number of benzene rings is 1. The average molecular weight is 383 g/mol. The van der Waals surface area contributed by atoms with Crippen molar-refractivity contribution in [3.05, 3.63) is 34.9 Å². The molecule has 0 N–H and O–H groups in total. The Bertz CT molecular complexity index is 563. The molecule has 0 radical (unpaired) electrons. The third-order valence-corrected chi connectivity index (χ3v) is 7.93. The third kappa shape index (κ3) is 5.87. The summed E-state index contributed by atoms with van der Waals surface area (Å²) in [4.78, 5) is 0. The Labute approximate surface area is 175 Å². The first-order chi connectivity index (χ1) is 13.8. The summed E-state index contributed by atoms with van der Waals surface area (Å²) in [6.07, 6.45) is 25.6. The van der Waals surface area contributed by atoms with Crippen molar-refractivity contribution in [3.8, 4) is 0 Å². The summed E-state index contributed by atoms with van der Waals surface area (Å²) < 4.78 is 0. The van der Waals surface area contributed by atoms with E-state index in [9.17, 15) is 0 Å². The number of fused-ring (bicyclic) bond motifs is 1. The molecule has 0 heterocycles. The van der Waals surface area contributed by atoms with Crippen molar-refractivity contribution in [2.45, 2.75) is 135 Å². The van der Waals surface area contributed by atoms with Gasteiger partial charge in [-0.05, 0) is 66.5 Å². The molecule has 0 heteroatoms. The van der Waals surface area contributed by atoms with Crippen LogP contribution in [0, 0.1) is 5.92 Å². The summed E-state index contributed by atoms with van der Waals surface area (Å²) in [7, 11) is 0. The van der Waals surface area contributed by atoms with E-state index in [0.29, 0.717) is 5.41 Å². The summed E-state index contributed by atoms with van der Waals surface area (Å²) in [5.74, 6) is 0.952. The maximum absolute atomic E-state index is 2.67. The Balaban J connectivity index is 1.61.